The van der Waals surface area contributed by atoms with Crippen LogP contribution in [0.2, 0.25) is 0 Å². The number of aromatic nitrogens is 4. The number of nitrogens with two attached hydrogens (primary N) is 1. The third kappa shape index (κ3) is 3.97. The molecule has 3 aromatic rings. The number of hydrogen-bond acceptors (Lipinski definition) is 8. The number of aryl methyl sites for hydroxylation is 1. The lowest BCUT2D eigenvalue weighted by molar-refractivity contribution is -0.00476. The number of imidazole rings is 1. The van der Waals surface area contributed by atoms with Gasteiger partial charge in [-0.3, -0.25) is 9.42 Å². The van der Waals surface area contributed by atoms with E-state index in [9.17, 15) is 14.6 Å². The van der Waals surface area contributed by atoms with Crippen LogP contribution in [0.3, 0.4) is 0 Å². The monoisotopic (exact) mass is 419 g/mol. The highest BCUT2D eigenvalue weighted by atomic mass is 31.2. The van der Waals surface area contributed by atoms with Crippen molar-refractivity contribution in [3.8, 4) is 5.75 Å². The second-order valence-electron chi connectivity index (χ2n) is 7.16. The smallest absolute Gasteiger partial charge is 0.404 e. The van der Waals surface area contributed by atoms with Crippen molar-refractivity contribution in [2.75, 3.05) is 18.9 Å². The quantitative estimate of drug-likeness (QED) is 0.490. The Labute approximate surface area is 167 Å². The van der Waals surface area contributed by atoms with Gasteiger partial charge in [0.1, 0.15) is 17.6 Å². The third-order valence-electron chi connectivity index (χ3n) is 5.29. The van der Waals surface area contributed by atoms with Gasteiger partial charge >= 0.3 is 7.82 Å². The number of anilines is 1. The van der Waals surface area contributed by atoms with Gasteiger partial charge in [-0.1, -0.05) is 17.7 Å². The maximum Gasteiger partial charge on any atom is 0.527 e. The number of phosphoric acid groups is 1. The van der Waals surface area contributed by atoms with Gasteiger partial charge in [0.05, 0.1) is 12.9 Å². The van der Waals surface area contributed by atoms with Crippen molar-refractivity contribution in [1.82, 2.24) is 19.5 Å². The number of rotatable bonds is 7. The molecule has 0 bridgehead atoms. The van der Waals surface area contributed by atoms with Crippen molar-refractivity contribution in [1.29, 1.82) is 0 Å². The molecule has 1 fully saturated rings. The van der Waals surface area contributed by atoms with Crippen molar-refractivity contribution >= 4 is 24.8 Å². The van der Waals surface area contributed by atoms with Gasteiger partial charge in [0, 0.05) is 18.6 Å². The summed E-state index contributed by atoms with van der Waals surface area (Å²) in [6.07, 6.45) is 3.64. The SMILES string of the molecule is Cc1ccc(OP(=O)(O)OC[C@@H]2[C@@H](CO)C[C@H]2n2cnc3c(N)ncnc32)cc1. The van der Waals surface area contributed by atoms with Crippen LogP contribution in [0.15, 0.2) is 36.9 Å². The fraction of sp³-hybridized carbons (Fsp3) is 0.389. The highest BCUT2D eigenvalue weighted by molar-refractivity contribution is 7.47. The Morgan fingerprint density at radius 1 is 1.28 bits per heavy atom. The Morgan fingerprint density at radius 2 is 2.03 bits per heavy atom. The number of phosphoric ester groups is 1. The first-order valence-corrected chi connectivity index (χ1v) is 10.6. The van der Waals surface area contributed by atoms with Gasteiger partial charge in [0.25, 0.3) is 0 Å². The van der Waals surface area contributed by atoms with Crippen LogP contribution in [0.4, 0.5) is 5.82 Å². The highest BCUT2D eigenvalue weighted by Gasteiger charge is 2.44. The normalized spacial score (nSPS) is 23.5. The van der Waals surface area contributed by atoms with Gasteiger partial charge in [0.2, 0.25) is 0 Å². The fourth-order valence-corrected chi connectivity index (χ4v) is 4.41. The Bertz CT molecular complexity index is 1060. The molecule has 1 aliphatic carbocycles. The molecule has 1 aromatic carbocycles. The highest BCUT2D eigenvalue weighted by Crippen LogP contribution is 2.50. The van der Waals surface area contributed by atoms with Gasteiger partial charge < -0.3 is 19.9 Å². The molecule has 1 unspecified atom stereocenters. The van der Waals surface area contributed by atoms with Gasteiger partial charge in [-0.05, 0) is 31.4 Å². The molecular weight excluding hydrogens is 397 g/mol. The minimum absolute atomic E-state index is 0.0527. The number of hydrogen-bond donors (Lipinski definition) is 3. The Hall–Kier alpha value is -2.52. The Morgan fingerprint density at radius 3 is 2.76 bits per heavy atom. The molecule has 0 saturated heterocycles. The van der Waals surface area contributed by atoms with E-state index in [-0.39, 0.29) is 42.7 Å². The summed E-state index contributed by atoms with van der Waals surface area (Å²) in [6.45, 7) is 1.79. The summed E-state index contributed by atoms with van der Waals surface area (Å²) in [5.41, 5.74) is 7.91. The van der Waals surface area contributed by atoms with Crippen LogP contribution < -0.4 is 10.3 Å². The largest absolute Gasteiger partial charge is 0.527 e. The van der Waals surface area contributed by atoms with Crippen molar-refractivity contribution in [2.24, 2.45) is 11.8 Å². The molecule has 2 heterocycles. The molecular formula is C18H22N5O5P. The van der Waals surface area contributed by atoms with E-state index in [2.05, 4.69) is 15.0 Å². The zero-order valence-electron chi connectivity index (χ0n) is 15.8. The summed E-state index contributed by atoms with van der Waals surface area (Å²) in [5.74, 6) is 0.246. The van der Waals surface area contributed by atoms with Crippen LogP contribution >= 0.6 is 7.82 Å². The number of fused-ring (bicyclic) bond motifs is 1. The summed E-state index contributed by atoms with van der Waals surface area (Å²) in [5, 5.41) is 9.63. The molecule has 4 atom stereocenters. The molecule has 2 aromatic heterocycles. The minimum Gasteiger partial charge on any atom is -0.404 e. The van der Waals surface area contributed by atoms with Crippen LogP contribution in [0, 0.1) is 18.8 Å². The van der Waals surface area contributed by atoms with E-state index >= 15 is 0 Å². The van der Waals surface area contributed by atoms with Crippen molar-refractivity contribution < 1.29 is 23.6 Å². The van der Waals surface area contributed by atoms with Crippen LogP contribution in [-0.4, -0.2) is 42.7 Å². The number of benzene rings is 1. The number of nitrogens with zero attached hydrogens (tertiary/aromatic N) is 4. The maximum atomic E-state index is 12.4. The van der Waals surface area contributed by atoms with E-state index in [1.54, 1.807) is 30.6 Å². The number of aliphatic hydroxyl groups is 1. The van der Waals surface area contributed by atoms with E-state index < -0.39 is 7.82 Å². The Kier molecular flexibility index (Phi) is 5.26. The fourth-order valence-electron chi connectivity index (χ4n) is 3.61. The molecule has 4 rings (SSSR count). The first kappa shape index (κ1) is 19.8. The zero-order chi connectivity index (χ0) is 20.6. The van der Waals surface area contributed by atoms with Crippen molar-refractivity contribution in [3.63, 3.8) is 0 Å². The molecule has 0 radical (unpaired) electrons. The molecule has 11 heteroatoms. The minimum atomic E-state index is -4.31. The lowest BCUT2D eigenvalue weighted by Crippen LogP contribution is -2.43. The van der Waals surface area contributed by atoms with E-state index in [0.717, 1.165) is 5.56 Å². The van der Waals surface area contributed by atoms with Crippen molar-refractivity contribution in [3.05, 3.63) is 42.5 Å². The van der Waals surface area contributed by atoms with Gasteiger partial charge in [0.15, 0.2) is 11.5 Å². The van der Waals surface area contributed by atoms with Gasteiger partial charge in [-0.2, -0.15) is 0 Å². The first-order valence-electron chi connectivity index (χ1n) is 9.15. The van der Waals surface area contributed by atoms with Crippen LogP contribution in [0.5, 0.6) is 5.75 Å². The summed E-state index contributed by atoms with van der Waals surface area (Å²) in [7, 11) is -4.31. The molecule has 1 aliphatic rings. The Balaban J connectivity index is 1.47. The van der Waals surface area contributed by atoms with Crippen LogP contribution in [0.1, 0.15) is 18.0 Å². The first-order chi connectivity index (χ1) is 13.9. The maximum absolute atomic E-state index is 12.4. The van der Waals surface area contributed by atoms with Crippen LogP contribution in [-0.2, 0) is 9.09 Å². The topological polar surface area (TPSA) is 146 Å². The summed E-state index contributed by atoms with van der Waals surface area (Å²) in [6, 6.07) is 6.65. The lowest BCUT2D eigenvalue weighted by atomic mass is 9.70. The lowest BCUT2D eigenvalue weighted by Gasteiger charge is -2.44. The van der Waals surface area contributed by atoms with Gasteiger partial charge in [-0.15, -0.1) is 0 Å². The second kappa shape index (κ2) is 7.72. The molecule has 154 valence electrons. The predicted octanol–water partition coefficient (Wildman–Crippen LogP) is 2.08. The standard InChI is InChI=1S/C18H22N5O5P/c1-11-2-4-13(5-3-11)28-29(25,26)27-8-14-12(7-24)6-15(14)23-10-22-16-17(19)20-9-21-18(16)23/h2-5,9-10,12,14-15,24H,6-8H2,1H3,(H,25,26)(H2,19,20,21)/t12-,14-,15-/m1/s1. The van der Waals surface area contributed by atoms with E-state index in [1.807, 2.05) is 11.5 Å². The number of aliphatic hydroxyl groups excluding tert-OH is 1. The van der Waals surface area contributed by atoms with Gasteiger partial charge in [-0.25, -0.2) is 19.5 Å². The molecule has 10 nitrogen and oxygen atoms in total. The molecule has 4 N–H and O–H groups in total. The number of nitrogen functional groups attached to an aromatic ring is 1. The predicted molar refractivity (Wildman–Crippen MR) is 105 cm³/mol. The van der Waals surface area contributed by atoms with E-state index in [1.165, 1.54) is 6.33 Å². The molecule has 0 amide bonds. The summed E-state index contributed by atoms with van der Waals surface area (Å²) >= 11 is 0. The van der Waals surface area contributed by atoms with Crippen LogP contribution in [0.25, 0.3) is 11.2 Å². The van der Waals surface area contributed by atoms with Crippen molar-refractivity contribution in [2.45, 2.75) is 19.4 Å². The summed E-state index contributed by atoms with van der Waals surface area (Å²) in [4.78, 5) is 22.5. The van der Waals surface area contributed by atoms with E-state index in [4.69, 9.17) is 14.8 Å². The average molecular weight is 419 g/mol. The summed E-state index contributed by atoms with van der Waals surface area (Å²) < 4.78 is 24.6. The zero-order valence-corrected chi connectivity index (χ0v) is 16.6. The second-order valence-corrected chi connectivity index (χ2v) is 8.54. The average Bonchev–Trinajstić information content (AvgIpc) is 3.08. The molecule has 1 saturated carbocycles. The molecule has 0 aliphatic heterocycles. The molecule has 0 spiro atoms. The third-order valence-corrected chi connectivity index (χ3v) is 6.21. The molecule has 29 heavy (non-hydrogen) atoms. The van der Waals surface area contributed by atoms with E-state index in [0.29, 0.717) is 17.6 Å².